The van der Waals surface area contributed by atoms with E-state index in [2.05, 4.69) is 0 Å². The average Bonchev–Trinajstić information content (AvgIpc) is 1.89. The van der Waals surface area contributed by atoms with Crippen molar-refractivity contribution in [2.24, 2.45) is 0 Å². The maximum Gasteiger partial charge on any atom is 0.169 e. The monoisotopic (exact) mass is 127 g/mol. The fourth-order valence-corrected chi connectivity index (χ4v) is 0.889. The van der Waals surface area contributed by atoms with Gasteiger partial charge in [0.2, 0.25) is 0 Å². The Hall–Kier alpha value is -0.590. The minimum atomic E-state index is -0.584. The summed E-state index contributed by atoms with van der Waals surface area (Å²) in [7, 11) is 0. The van der Waals surface area contributed by atoms with Gasteiger partial charge in [-0.15, -0.1) is 0 Å². The van der Waals surface area contributed by atoms with Gasteiger partial charge in [-0.2, -0.15) is 5.26 Å². The van der Waals surface area contributed by atoms with Gasteiger partial charge in [-0.3, -0.25) is 0 Å². The van der Waals surface area contributed by atoms with Crippen molar-refractivity contribution < 1.29 is 9.84 Å². The van der Waals surface area contributed by atoms with Crippen LogP contribution in [0.1, 0.15) is 12.8 Å². The lowest BCUT2D eigenvalue weighted by Crippen LogP contribution is -2.32. The molecule has 0 spiro atoms. The molecule has 0 amide bonds. The van der Waals surface area contributed by atoms with E-state index in [9.17, 15) is 0 Å². The van der Waals surface area contributed by atoms with Gasteiger partial charge in [0.05, 0.1) is 12.2 Å². The van der Waals surface area contributed by atoms with Crippen LogP contribution in [0.3, 0.4) is 0 Å². The molecule has 0 bridgehead atoms. The van der Waals surface area contributed by atoms with Crippen LogP contribution >= 0.6 is 0 Å². The molecule has 1 aliphatic rings. The average molecular weight is 127 g/mol. The van der Waals surface area contributed by atoms with Crippen molar-refractivity contribution in [1.29, 1.82) is 5.26 Å². The summed E-state index contributed by atoms with van der Waals surface area (Å²) in [6.07, 6.45) is 0.403. The first-order valence-corrected chi connectivity index (χ1v) is 3.04. The Kier molecular flexibility index (Phi) is 2.04. The molecule has 0 unspecified atom stereocenters. The van der Waals surface area contributed by atoms with Crippen molar-refractivity contribution in [3.05, 3.63) is 0 Å². The number of rotatable bonds is 0. The number of hydrogen-bond acceptors (Lipinski definition) is 3. The Morgan fingerprint density at radius 2 is 2.44 bits per heavy atom. The zero-order valence-corrected chi connectivity index (χ0v) is 5.08. The lowest BCUT2D eigenvalue weighted by Gasteiger charge is -2.21. The molecule has 0 aliphatic carbocycles. The van der Waals surface area contributed by atoms with E-state index in [4.69, 9.17) is 15.1 Å². The van der Waals surface area contributed by atoms with Crippen LogP contribution in [0.25, 0.3) is 0 Å². The molecule has 0 aromatic heterocycles. The maximum atomic E-state index is 9.02. The summed E-state index contributed by atoms with van der Waals surface area (Å²) in [5, 5.41) is 17.3. The van der Waals surface area contributed by atoms with Crippen LogP contribution in [0.5, 0.6) is 0 Å². The van der Waals surface area contributed by atoms with Crippen molar-refractivity contribution in [2.75, 3.05) is 6.61 Å². The van der Waals surface area contributed by atoms with Crippen LogP contribution in [0.2, 0.25) is 0 Å². The summed E-state index contributed by atoms with van der Waals surface area (Å²) >= 11 is 0. The SMILES string of the molecule is N#C[C@@H]1OCCC[C@@H]1O. The third-order valence-electron chi connectivity index (χ3n) is 1.42. The summed E-state index contributed by atoms with van der Waals surface area (Å²) in [5.41, 5.74) is 0. The van der Waals surface area contributed by atoms with Crippen molar-refractivity contribution in [1.82, 2.24) is 0 Å². The summed E-state index contributed by atoms with van der Waals surface area (Å²) in [4.78, 5) is 0. The predicted octanol–water partition coefficient (Wildman–Crippen LogP) is 0.0499. The van der Waals surface area contributed by atoms with Gasteiger partial charge in [0.25, 0.3) is 0 Å². The van der Waals surface area contributed by atoms with Crippen LogP contribution in [0.15, 0.2) is 0 Å². The first kappa shape index (κ1) is 6.53. The maximum absolute atomic E-state index is 9.02. The van der Waals surface area contributed by atoms with Crippen LogP contribution in [-0.4, -0.2) is 23.9 Å². The zero-order chi connectivity index (χ0) is 6.69. The smallest absolute Gasteiger partial charge is 0.169 e. The highest BCUT2D eigenvalue weighted by atomic mass is 16.5. The predicted molar refractivity (Wildman–Crippen MR) is 30.6 cm³/mol. The molecule has 1 fully saturated rings. The minimum absolute atomic E-state index is 0.566. The number of nitriles is 1. The van der Waals surface area contributed by atoms with Gasteiger partial charge >= 0.3 is 0 Å². The number of aliphatic hydroxyl groups is 1. The highest BCUT2D eigenvalue weighted by Crippen LogP contribution is 2.12. The second kappa shape index (κ2) is 2.81. The van der Waals surface area contributed by atoms with E-state index in [0.717, 1.165) is 6.42 Å². The molecule has 1 saturated heterocycles. The number of ether oxygens (including phenoxy) is 1. The Labute approximate surface area is 53.9 Å². The first-order chi connectivity index (χ1) is 4.34. The van der Waals surface area contributed by atoms with E-state index in [1.165, 1.54) is 0 Å². The Morgan fingerprint density at radius 1 is 1.67 bits per heavy atom. The molecular formula is C6H9NO2. The van der Waals surface area contributed by atoms with Crippen molar-refractivity contribution in [2.45, 2.75) is 25.0 Å². The number of nitrogens with zero attached hydrogens (tertiary/aromatic N) is 1. The molecule has 50 valence electrons. The molecule has 0 aromatic carbocycles. The molecule has 0 saturated carbocycles. The summed E-state index contributed by atoms with van der Waals surface area (Å²) in [6.45, 7) is 0.606. The number of hydrogen-bond donors (Lipinski definition) is 1. The van der Waals surface area contributed by atoms with Gasteiger partial charge in [-0.1, -0.05) is 0 Å². The summed E-state index contributed by atoms with van der Waals surface area (Å²) in [5.74, 6) is 0. The Bertz CT molecular complexity index is 130. The van der Waals surface area contributed by atoms with E-state index in [1.807, 2.05) is 6.07 Å². The standard InChI is InChI=1S/C6H9NO2/c7-4-6-5(8)2-1-3-9-6/h5-6,8H,1-3H2/t5-,6-/m0/s1. The van der Waals surface area contributed by atoms with Crippen molar-refractivity contribution in [3.8, 4) is 6.07 Å². The highest BCUT2D eigenvalue weighted by Gasteiger charge is 2.22. The Balaban J connectivity index is 2.41. The molecule has 0 aromatic rings. The van der Waals surface area contributed by atoms with Crippen LogP contribution in [-0.2, 0) is 4.74 Å². The van der Waals surface area contributed by atoms with Crippen molar-refractivity contribution in [3.63, 3.8) is 0 Å². The summed E-state index contributed by atoms with van der Waals surface area (Å²) < 4.78 is 4.93. The summed E-state index contributed by atoms with van der Waals surface area (Å²) in [6, 6.07) is 1.88. The van der Waals surface area contributed by atoms with Gasteiger partial charge in [-0.05, 0) is 12.8 Å². The van der Waals surface area contributed by atoms with Gasteiger partial charge in [0.1, 0.15) is 0 Å². The lowest BCUT2D eigenvalue weighted by molar-refractivity contribution is -0.0443. The number of aliphatic hydroxyl groups excluding tert-OH is 1. The van der Waals surface area contributed by atoms with Crippen LogP contribution < -0.4 is 0 Å². The lowest BCUT2D eigenvalue weighted by atomic mass is 10.1. The van der Waals surface area contributed by atoms with E-state index < -0.39 is 12.2 Å². The second-order valence-corrected chi connectivity index (χ2v) is 2.13. The van der Waals surface area contributed by atoms with Gasteiger partial charge < -0.3 is 9.84 Å². The van der Waals surface area contributed by atoms with E-state index in [-0.39, 0.29) is 0 Å². The van der Waals surface area contributed by atoms with Gasteiger partial charge in [0, 0.05) is 6.61 Å². The fourth-order valence-electron chi connectivity index (χ4n) is 0.889. The van der Waals surface area contributed by atoms with Gasteiger partial charge in [-0.25, -0.2) is 0 Å². The van der Waals surface area contributed by atoms with Gasteiger partial charge in [0.15, 0.2) is 6.10 Å². The molecule has 1 rings (SSSR count). The van der Waals surface area contributed by atoms with Crippen LogP contribution in [0.4, 0.5) is 0 Å². The molecule has 9 heavy (non-hydrogen) atoms. The molecule has 3 heteroatoms. The molecule has 1 aliphatic heterocycles. The second-order valence-electron chi connectivity index (χ2n) is 2.13. The minimum Gasteiger partial charge on any atom is -0.389 e. The van der Waals surface area contributed by atoms with E-state index in [0.29, 0.717) is 13.0 Å². The molecule has 1 heterocycles. The van der Waals surface area contributed by atoms with Crippen LogP contribution in [0, 0.1) is 11.3 Å². The zero-order valence-electron chi connectivity index (χ0n) is 5.08. The highest BCUT2D eigenvalue weighted by molar-refractivity contribution is 4.91. The first-order valence-electron chi connectivity index (χ1n) is 3.04. The normalized spacial score (nSPS) is 35.6. The topological polar surface area (TPSA) is 53.2 Å². The van der Waals surface area contributed by atoms with E-state index >= 15 is 0 Å². The van der Waals surface area contributed by atoms with Crippen molar-refractivity contribution >= 4 is 0 Å². The molecular weight excluding hydrogens is 118 g/mol. The molecule has 0 radical (unpaired) electrons. The molecule has 2 atom stereocenters. The third-order valence-corrected chi connectivity index (χ3v) is 1.42. The molecule has 1 N–H and O–H groups in total. The Morgan fingerprint density at radius 3 is 2.89 bits per heavy atom. The largest absolute Gasteiger partial charge is 0.389 e. The van der Waals surface area contributed by atoms with E-state index in [1.54, 1.807) is 0 Å². The third kappa shape index (κ3) is 1.41. The quantitative estimate of drug-likeness (QED) is 0.500. The molecule has 3 nitrogen and oxygen atoms in total. The fraction of sp³-hybridized carbons (Fsp3) is 0.833.